The van der Waals surface area contributed by atoms with Gasteiger partial charge in [0.05, 0.1) is 23.8 Å². The number of benzene rings is 1. The van der Waals surface area contributed by atoms with Gasteiger partial charge in [-0.25, -0.2) is 4.98 Å². The van der Waals surface area contributed by atoms with Crippen LogP contribution in [0, 0.1) is 6.92 Å². The summed E-state index contributed by atoms with van der Waals surface area (Å²) in [5.74, 6) is 1.65. The summed E-state index contributed by atoms with van der Waals surface area (Å²) in [5, 5.41) is 0.942. The molecule has 4 rings (SSSR count). The van der Waals surface area contributed by atoms with Crippen LogP contribution in [-0.4, -0.2) is 22.1 Å². The van der Waals surface area contributed by atoms with E-state index in [0.29, 0.717) is 0 Å². The number of fused-ring (bicyclic) bond motifs is 2. The average molecular weight is 396 g/mol. The van der Waals surface area contributed by atoms with Crippen LogP contribution in [-0.2, 0) is 16.6 Å². The number of aromatic amines is 1. The van der Waals surface area contributed by atoms with Crippen molar-refractivity contribution in [2.24, 2.45) is 0 Å². The number of ether oxygens (including phenoxy) is 1. The Labute approximate surface area is 171 Å². The van der Waals surface area contributed by atoms with Gasteiger partial charge in [-0.15, -0.1) is 0 Å². The molecule has 0 unspecified atom stereocenters. The van der Waals surface area contributed by atoms with Crippen molar-refractivity contribution in [2.75, 3.05) is 7.11 Å². The van der Waals surface area contributed by atoms with E-state index in [1.165, 1.54) is 24.0 Å². The molecule has 148 valence electrons. The van der Waals surface area contributed by atoms with Gasteiger partial charge >= 0.3 is 0 Å². The van der Waals surface area contributed by atoms with Crippen molar-refractivity contribution in [2.45, 2.75) is 69.2 Å². The largest absolute Gasteiger partial charge is 0.496 e. The van der Waals surface area contributed by atoms with Crippen molar-refractivity contribution in [3.8, 4) is 5.75 Å². The van der Waals surface area contributed by atoms with Gasteiger partial charge in [0.1, 0.15) is 5.75 Å². The van der Waals surface area contributed by atoms with Crippen LogP contribution in [0.25, 0.3) is 11.0 Å². The van der Waals surface area contributed by atoms with Gasteiger partial charge in [0.15, 0.2) is 5.16 Å². The highest BCUT2D eigenvalue weighted by molar-refractivity contribution is 7.98. The molecular formula is C23H29N3OS. The molecule has 0 bridgehead atoms. The van der Waals surface area contributed by atoms with Crippen molar-refractivity contribution in [1.82, 2.24) is 15.0 Å². The number of rotatable bonds is 4. The summed E-state index contributed by atoms with van der Waals surface area (Å²) < 4.78 is 5.41. The summed E-state index contributed by atoms with van der Waals surface area (Å²) in [5.41, 5.74) is 7.63. The van der Waals surface area contributed by atoms with E-state index < -0.39 is 0 Å². The highest BCUT2D eigenvalue weighted by Gasteiger charge is 2.37. The molecule has 0 saturated heterocycles. The number of hydrogen-bond donors (Lipinski definition) is 1. The van der Waals surface area contributed by atoms with E-state index >= 15 is 0 Å². The van der Waals surface area contributed by atoms with Crippen LogP contribution in [0.1, 0.15) is 62.9 Å². The Morgan fingerprint density at radius 2 is 1.79 bits per heavy atom. The predicted molar refractivity (Wildman–Crippen MR) is 116 cm³/mol. The molecule has 0 aliphatic heterocycles. The molecule has 1 aromatic carbocycles. The van der Waals surface area contributed by atoms with E-state index in [1.54, 1.807) is 25.1 Å². The molecule has 1 aliphatic carbocycles. The van der Waals surface area contributed by atoms with Gasteiger partial charge in [-0.05, 0) is 59.9 Å². The van der Waals surface area contributed by atoms with Crippen LogP contribution in [0.4, 0.5) is 0 Å². The van der Waals surface area contributed by atoms with Crippen LogP contribution in [0.5, 0.6) is 5.75 Å². The maximum atomic E-state index is 5.41. The lowest BCUT2D eigenvalue weighted by Crippen LogP contribution is -2.33. The molecule has 28 heavy (non-hydrogen) atoms. The van der Waals surface area contributed by atoms with Crippen LogP contribution < -0.4 is 4.74 Å². The Morgan fingerprint density at radius 1 is 1.11 bits per heavy atom. The monoisotopic (exact) mass is 395 g/mol. The molecule has 1 N–H and O–H groups in total. The quantitative estimate of drug-likeness (QED) is 0.557. The van der Waals surface area contributed by atoms with Gasteiger partial charge in [-0.3, -0.25) is 4.98 Å². The van der Waals surface area contributed by atoms with Crippen molar-refractivity contribution >= 4 is 22.8 Å². The van der Waals surface area contributed by atoms with Gasteiger partial charge in [-0.2, -0.15) is 0 Å². The summed E-state index contributed by atoms with van der Waals surface area (Å²) in [7, 11) is 1.70. The van der Waals surface area contributed by atoms with E-state index in [-0.39, 0.29) is 10.8 Å². The topological polar surface area (TPSA) is 50.8 Å². The van der Waals surface area contributed by atoms with E-state index in [2.05, 4.69) is 56.7 Å². The second-order valence-electron chi connectivity index (χ2n) is 9.10. The summed E-state index contributed by atoms with van der Waals surface area (Å²) in [6.45, 7) is 11.5. The number of hydrogen-bond acceptors (Lipinski definition) is 4. The Hall–Kier alpha value is -2.01. The second-order valence-corrected chi connectivity index (χ2v) is 10.1. The molecule has 0 fully saturated rings. The minimum atomic E-state index is 0.201. The maximum absolute atomic E-state index is 5.41. The minimum Gasteiger partial charge on any atom is -0.496 e. The first-order chi connectivity index (χ1) is 13.2. The number of imidazole rings is 1. The molecule has 3 aromatic rings. The molecule has 0 radical (unpaired) electrons. The molecule has 0 atom stereocenters. The lowest BCUT2D eigenvalue weighted by molar-refractivity contribution is 0.332. The Morgan fingerprint density at radius 3 is 2.46 bits per heavy atom. The molecule has 0 amide bonds. The summed E-state index contributed by atoms with van der Waals surface area (Å²) in [4.78, 5) is 12.9. The highest BCUT2D eigenvalue weighted by atomic mass is 32.2. The van der Waals surface area contributed by atoms with E-state index in [0.717, 1.165) is 38.9 Å². The molecule has 5 heteroatoms. The first kappa shape index (κ1) is 19.3. The zero-order valence-corrected chi connectivity index (χ0v) is 18.5. The van der Waals surface area contributed by atoms with Crippen molar-refractivity contribution in [3.63, 3.8) is 0 Å². The van der Waals surface area contributed by atoms with E-state index in [9.17, 15) is 0 Å². The fourth-order valence-electron chi connectivity index (χ4n) is 4.18. The minimum absolute atomic E-state index is 0.201. The van der Waals surface area contributed by atoms with Gasteiger partial charge in [0.2, 0.25) is 0 Å². The maximum Gasteiger partial charge on any atom is 0.166 e. The number of methoxy groups -OCH3 is 1. The summed E-state index contributed by atoms with van der Waals surface area (Å²) in [6, 6.07) is 6.54. The molecule has 2 aromatic heterocycles. The second kappa shape index (κ2) is 6.80. The zero-order chi connectivity index (χ0) is 20.1. The number of pyridine rings is 1. The van der Waals surface area contributed by atoms with Crippen LogP contribution >= 0.6 is 11.8 Å². The van der Waals surface area contributed by atoms with Crippen molar-refractivity contribution in [1.29, 1.82) is 0 Å². The smallest absolute Gasteiger partial charge is 0.166 e. The number of aromatic nitrogens is 3. The van der Waals surface area contributed by atoms with Crippen LogP contribution in [0.2, 0.25) is 0 Å². The van der Waals surface area contributed by atoms with Gasteiger partial charge < -0.3 is 9.72 Å². The lowest BCUT2D eigenvalue weighted by atomic mass is 9.63. The normalized spacial score (nSPS) is 17.5. The third kappa shape index (κ3) is 3.30. The predicted octanol–water partition coefficient (Wildman–Crippen LogP) is 5.92. The molecular weight excluding hydrogens is 366 g/mol. The van der Waals surface area contributed by atoms with Crippen LogP contribution in [0.3, 0.4) is 0 Å². The van der Waals surface area contributed by atoms with Gasteiger partial charge in [-0.1, -0.05) is 39.5 Å². The Kier molecular flexibility index (Phi) is 4.69. The first-order valence-electron chi connectivity index (χ1n) is 9.87. The Bertz CT molecular complexity index is 983. The highest BCUT2D eigenvalue weighted by Crippen LogP contribution is 2.46. The average Bonchev–Trinajstić information content (AvgIpc) is 3.06. The number of nitrogens with zero attached hydrogens (tertiary/aromatic N) is 2. The number of thioether (sulfide) groups is 1. The molecule has 4 nitrogen and oxygen atoms in total. The number of H-pyrrole nitrogens is 1. The fraction of sp³-hybridized carbons (Fsp3) is 0.478. The Balaban J connectivity index is 1.66. The summed E-state index contributed by atoms with van der Waals surface area (Å²) in [6.07, 6.45) is 4.24. The van der Waals surface area contributed by atoms with Gasteiger partial charge in [0, 0.05) is 17.5 Å². The van der Waals surface area contributed by atoms with Gasteiger partial charge in [0.25, 0.3) is 0 Å². The SMILES string of the molecule is COc1ccnc(CSc2nc3cc4c(cc3[nH]2)C(C)(C)CCC4(C)C)c1C. The third-order valence-electron chi connectivity index (χ3n) is 6.26. The van der Waals surface area contributed by atoms with Crippen molar-refractivity contribution in [3.05, 3.63) is 46.8 Å². The van der Waals surface area contributed by atoms with E-state index in [4.69, 9.17) is 9.72 Å². The number of nitrogens with one attached hydrogen (secondary N) is 1. The summed E-state index contributed by atoms with van der Waals surface area (Å²) >= 11 is 1.69. The first-order valence-corrected chi connectivity index (χ1v) is 10.9. The van der Waals surface area contributed by atoms with Crippen molar-refractivity contribution < 1.29 is 4.74 Å². The zero-order valence-electron chi connectivity index (χ0n) is 17.6. The van der Waals surface area contributed by atoms with Crippen LogP contribution in [0.15, 0.2) is 29.6 Å². The lowest BCUT2D eigenvalue weighted by Gasteiger charge is -2.41. The molecule has 0 spiro atoms. The fourth-order valence-corrected chi connectivity index (χ4v) is 5.09. The molecule has 1 aliphatic rings. The standard InChI is InChI=1S/C23H29N3OS/c1-14-19(24-10-7-20(14)27-6)13-28-21-25-17-11-15-16(12-18(17)26-21)23(4,5)9-8-22(15,2)3/h7,10-12H,8-9,13H2,1-6H3,(H,25,26). The van der Waals surface area contributed by atoms with E-state index in [1.807, 2.05) is 6.07 Å². The molecule has 2 heterocycles. The third-order valence-corrected chi connectivity index (χ3v) is 7.14. The molecule has 0 saturated carbocycles.